The molecule has 9 heteroatoms. The average Bonchev–Trinajstić information content (AvgIpc) is 3.04. The number of aliphatic imine (C=N–C) groups is 1. The van der Waals surface area contributed by atoms with Crippen molar-refractivity contribution in [1.29, 1.82) is 0 Å². The van der Waals surface area contributed by atoms with Gasteiger partial charge in [-0.2, -0.15) is 0 Å². The molecule has 0 fully saturated rings. The lowest BCUT2D eigenvalue weighted by Gasteiger charge is -2.33. The maximum atomic E-state index is 13.8. The number of nitro groups is 1. The lowest BCUT2D eigenvalue weighted by molar-refractivity contribution is -0.384. The number of non-ortho nitro benzene ring substituents is 1. The largest absolute Gasteiger partial charge is 0.468 e. The van der Waals surface area contributed by atoms with Crippen LogP contribution in [0.3, 0.4) is 0 Å². The molecule has 2 atom stereocenters. The SMILES string of the molecule is COC(=O)C1C(C)=NC(C)=C(C(=O)OCC(C)(C)CN(C)CCC(c2ccccc2)c2ccccc2)[C@H]1c1cccc([N+](=O)[O-])c1. The number of ether oxygens (including phenoxy) is 2. The van der Waals surface area contributed by atoms with Crippen LogP contribution in [0.15, 0.2) is 101 Å². The van der Waals surface area contributed by atoms with Crippen molar-refractivity contribution in [3.63, 3.8) is 0 Å². The molecule has 0 N–H and O–H groups in total. The Morgan fingerprint density at radius 1 is 0.978 bits per heavy atom. The lowest BCUT2D eigenvalue weighted by atomic mass is 9.75. The van der Waals surface area contributed by atoms with Crippen molar-refractivity contribution in [2.45, 2.75) is 46.0 Å². The number of benzene rings is 3. The molecule has 3 aromatic rings. The first-order valence-corrected chi connectivity index (χ1v) is 15.5. The van der Waals surface area contributed by atoms with E-state index in [0.29, 0.717) is 23.5 Å². The third-order valence-electron chi connectivity index (χ3n) is 8.44. The molecule has 0 spiro atoms. The van der Waals surface area contributed by atoms with Crippen LogP contribution in [0.25, 0.3) is 0 Å². The van der Waals surface area contributed by atoms with E-state index in [4.69, 9.17) is 9.47 Å². The second kappa shape index (κ2) is 15.1. The number of carbonyl (C=O) groups is 2. The summed E-state index contributed by atoms with van der Waals surface area (Å²) in [7, 11) is 3.34. The maximum absolute atomic E-state index is 13.8. The van der Waals surface area contributed by atoms with Crippen LogP contribution in [-0.2, 0) is 19.1 Å². The molecule has 0 saturated carbocycles. The van der Waals surface area contributed by atoms with Gasteiger partial charge in [0.2, 0.25) is 0 Å². The van der Waals surface area contributed by atoms with Crippen LogP contribution in [0.1, 0.15) is 62.6 Å². The number of allylic oxidation sites excluding steroid dienone is 1. The third kappa shape index (κ3) is 8.34. The van der Waals surface area contributed by atoms with Crippen LogP contribution in [-0.4, -0.2) is 61.3 Å². The van der Waals surface area contributed by atoms with Gasteiger partial charge in [-0.25, -0.2) is 4.79 Å². The predicted octanol–water partition coefficient (Wildman–Crippen LogP) is 6.94. The van der Waals surface area contributed by atoms with Gasteiger partial charge in [0.1, 0.15) is 5.92 Å². The van der Waals surface area contributed by atoms with E-state index in [1.54, 1.807) is 26.0 Å². The van der Waals surface area contributed by atoms with Crippen molar-refractivity contribution < 1.29 is 24.0 Å². The van der Waals surface area contributed by atoms with E-state index in [2.05, 4.69) is 65.5 Å². The Morgan fingerprint density at radius 3 is 2.15 bits per heavy atom. The molecular formula is C37H43N3O6. The molecule has 242 valence electrons. The van der Waals surface area contributed by atoms with Crippen LogP contribution >= 0.6 is 0 Å². The number of nitro benzene ring substituents is 1. The number of rotatable bonds is 13. The summed E-state index contributed by atoms with van der Waals surface area (Å²) in [5.41, 5.74) is 3.50. The molecule has 46 heavy (non-hydrogen) atoms. The number of esters is 2. The summed E-state index contributed by atoms with van der Waals surface area (Å²) in [6.07, 6.45) is 0.920. The predicted molar refractivity (Wildman–Crippen MR) is 179 cm³/mol. The van der Waals surface area contributed by atoms with E-state index in [9.17, 15) is 19.7 Å². The number of carbonyl (C=O) groups excluding carboxylic acids is 2. The summed E-state index contributed by atoms with van der Waals surface area (Å²) in [5, 5.41) is 11.6. The highest BCUT2D eigenvalue weighted by Gasteiger charge is 2.43. The summed E-state index contributed by atoms with van der Waals surface area (Å²) in [4.78, 5) is 44.6. The Balaban J connectivity index is 1.48. The number of hydrogen-bond acceptors (Lipinski definition) is 8. The average molecular weight is 626 g/mol. The van der Waals surface area contributed by atoms with Gasteiger partial charge in [-0.05, 0) is 50.6 Å². The highest BCUT2D eigenvalue weighted by atomic mass is 16.6. The molecule has 9 nitrogen and oxygen atoms in total. The molecule has 0 bridgehead atoms. The zero-order valence-corrected chi connectivity index (χ0v) is 27.4. The quantitative estimate of drug-likeness (QED) is 0.115. The van der Waals surface area contributed by atoms with Gasteiger partial charge >= 0.3 is 11.9 Å². The molecule has 1 heterocycles. The van der Waals surface area contributed by atoms with Crippen molar-refractivity contribution in [3.05, 3.63) is 123 Å². The molecule has 4 rings (SSSR count). The van der Waals surface area contributed by atoms with Gasteiger partial charge in [-0.3, -0.25) is 19.9 Å². The Kier molecular flexibility index (Phi) is 11.2. The molecule has 0 saturated heterocycles. The Morgan fingerprint density at radius 2 is 1.59 bits per heavy atom. The molecular weight excluding hydrogens is 582 g/mol. The first kappa shape index (κ1) is 34.2. The van der Waals surface area contributed by atoms with Crippen molar-refractivity contribution in [1.82, 2.24) is 4.90 Å². The van der Waals surface area contributed by atoms with Gasteiger partial charge < -0.3 is 14.4 Å². The second-order valence-corrected chi connectivity index (χ2v) is 12.7. The molecule has 1 aliphatic heterocycles. The van der Waals surface area contributed by atoms with Crippen LogP contribution in [0, 0.1) is 21.4 Å². The van der Waals surface area contributed by atoms with Gasteiger partial charge in [0.15, 0.2) is 0 Å². The topological polar surface area (TPSA) is 111 Å². The standard InChI is InChI=1S/C37H43N3O6/c1-25-32(35(41)45-6)34(29-18-13-19-30(22-29)40(43)44)33(26(2)38-25)36(42)46-24-37(3,4)23-39(5)21-20-31(27-14-9-7-10-15-27)28-16-11-8-12-17-28/h7-19,22,31-32,34H,20-21,23-24H2,1-6H3/t32?,34-/m0/s1. The fourth-order valence-electron chi connectivity index (χ4n) is 6.37. The monoisotopic (exact) mass is 625 g/mol. The zero-order valence-electron chi connectivity index (χ0n) is 27.4. The van der Waals surface area contributed by atoms with Gasteiger partial charge in [0.05, 0.1) is 24.2 Å². The second-order valence-electron chi connectivity index (χ2n) is 12.7. The first-order valence-electron chi connectivity index (χ1n) is 15.5. The summed E-state index contributed by atoms with van der Waals surface area (Å²) in [6.45, 7) is 9.10. The number of methoxy groups -OCH3 is 1. The highest BCUT2D eigenvalue weighted by molar-refractivity contribution is 6.07. The maximum Gasteiger partial charge on any atom is 0.336 e. The smallest absolute Gasteiger partial charge is 0.336 e. The van der Waals surface area contributed by atoms with E-state index in [1.807, 2.05) is 26.0 Å². The van der Waals surface area contributed by atoms with Crippen molar-refractivity contribution in [2.75, 3.05) is 33.9 Å². The van der Waals surface area contributed by atoms with E-state index < -0.39 is 34.1 Å². The minimum absolute atomic E-state index is 0.126. The Hall–Kier alpha value is -4.63. The van der Waals surface area contributed by atoms with Crippen molar-refractivity contribution >= 4 is 23.3 Å². The Labute approximate surface area is 271 Å². The number of nitrogens with zero attached hydrogens (tertiary/aromatic N) is 3. The minimum atomic E-state index is -0.931. The van der Waals surface area contributed by atoms with Crippen molar-refractivity contribution in [3.8, 4) is 0 Å². The normalized spacial score (nSPS) is 16.7. The van der Waals surface area contributed by atoms with Crippen molar-refractivity contribution in [2.24, 2.45) is 16.3 Å². The van der Waals surface area contributed by atoms with Gasteiger partial charge in [-0.1, -0.05) is 86.6 Å². The molecule has 3 aromatic carbocycles. The molecule has 0 radical (unpaired) electrons. The van der Waals surface area contributed by atoms with Crippen LogP contribution in [0.2, 0.25) is 0 Å². The fourth-order valence-corrected chi connectivity index (χ4v) is 6.37. The molecule has 1 aliphatic rings. The van der Waals surface area contributed by atoms with E-state index >= 15 is 0 Å². The summed E-state index contributed by atoms with van der Waals surface area (Å²) in [6, 6.07) is 27.0. The van der Waals surface area contributed by atoms with E-state index in [1.165, 1.54) is 30.4 Å². The summed E-state index contributed by atoms with van der Waals surface area (Å²) in [5.74, 6) is -2.72. The van der Waals surface area contributed by atoms with Crippen LogP contribution in [0.5, 0.6) is 0 Å². The first-order chi connectivity index (χ1) is 21.9. The minimum Gasteiger partial charge on any atom is -0.468 e. The highest BCUT2D eigenvalue weighted by Crippen LogP contribution is 2.41. The zero-order chi connectivity index (χ0) is 33.4. The number of hydrogen-bond donors (Lipinski definition) is 0. The molecule has 1 unspecified atom stereocenters. The van der Waals surface area contributed by atoms with E-state index in [0.717, 1.165) is 13.0 Å². The van der Waals surface area contributed by atoms with Crippen LogP contribution < -0.4 is 0 Å². The summed E-state index contributed by atoms with van der Waals surface area (Å²) < 4.78 is 11.0. The summed E-state index contributed by atoms with van der Waals surface area (Å²) >= 11 is 0. The molecule has 0 amide bonds. The Bertz CT molecular complexity index is 1560. The van der Waals surface area contributed by atoms with E-state index in [-0.39, 0.29) is 23.8 Å². The third-order valence-corrected chi connectivity index (χ3v) is 8.44. The fraction of sp³-hybridized carbons (Fsp3) is 0.378. The van der Waals surface area contributed by atoms with Gasteiger partial charge in [0, 0.05) is 47.3 Å². The van der Waals surface area contributed by atoms with Gasteiger partial charge in [0.25, 0.3) is 5.69 Å². The molecule has 0 aromatic heterocycles. The van der Waals surface area contributed by atoms with Crippen LogP contribution in [0.4, 0.5) is 5.69 Å². The lowest BCUT2D eigenvalue weighted by Crippen LogP contribution is -2.38. The molecule has 0 aliphatic carbocycles. The van der Waals surface area contributed by atoms with Gasteiger partial charge in [-0.15, -0.1) is 0 Å².